The maximum atomic E-state index is 12.8. The monoisotopic (exact) mass is 397 g/mol. The smallest absolute Gasteiger partial charge is 0.288 e. The van der Waals surface area contributed by atoms with Crippen LogP contribution in [-0.2, 0) is 10.9 Å². The van der Waals surface area contributed by atoms with Gasteiger partial charge in [0.25, 0.3) is 0 Å². The Kier molecular flexibility index (Phi) is 5.34. The zero-order valence-corrected chi connectivity index (χ0v) is 15.1. The zero-order valence-electron chi connectivity index (χ0n) is 13.4. The first-order valence-electron chi connectivity index (χ1n) is 7.60. The second-order valence-electron chi connectivity index (χ2n) is 5.40. The Morgan fingerprint density at radius 1 is 0.615 bits per heavy atom. The second-order valence-corrected chi connectivity index (χ2v) is 9.46. The van der Waals surface area contributed by atoms with Crippen molar-refractivity contribution in [2.45, 2.75) is 25.1 Å². The SMILES string of the molecule is OS(O)(c1ccc([S+](c2ccccc2)c2ccccc2)cc1)C(F)(F)F. The summed E-state index contributed by atoms with van der Waals surface area (Å²) in [4.78, 5) is 2.31. The molecule has 0 fully saturated rings. The van der Waals surface area contributed by atoms with Crippen LogP contribution in [-0.4, -0.2) is 14.6 Å². The number of rotatable bonds is 4. The van der Waals surface area contributed by atoms with Crippen LogP contribution < -0.4 is 0 Å². The van der Waals surface area contributed by atoms with Crippen LogP contribution in [0, 0.1) is 0 Å². The molecular formula is C19H16F3O2S2+. The minimum Gasteiger partial charge on any atom is -0.288 e. The lowest BCUT2D eigenvalue weighted by Gasteiger charge is -2.33. The highest BCUT2D eigenvalue weighted by atomic mass is 32.3. The molecule has 0 aromatic heterocycles. The number of hydrogen-bond donors (Lipinski definition) is 2. The fourth-order valence-electron chi connectivity index (χ4n) is 2.42. The van der Waals surface area contributed by atoms with Gasteiger partial charge in [-0.2, -0.15) is 13.2 Å². The summed E-state index contributed by atoms with van der Waals surface area (Å²) >= 11 is 0. The second kappa shape index (κ2) is 7.36. The Morgan fingerprint density at radius 2 is 1.00 bits per heavy atom. The van der Waals surface area contributed by atoms with Crippen molar-refractivity contribution < 1.29 is 22.3 Å². The highest BCUT2D eigenvalue weighted by Gasteiger charge is 2.47. The Labute approximate surface area is 154 Å². The standard InChI is InChI=1S/C19H15F3O2S2/c20-19(21,22)26(23,24)18-13-11-17(12-14-18)25(15-7-3-1-4-8-15)16-9-5-2-6-10-16/h1-14H,(H-,23,24)/p+1. The first-order valence-corrected chi connectivity index (χ1v) is 10.4. The van der Waals surface area contributed by atoms with Crippen LogP contribution in [0.2, 0.25) is 0 Å². The number of alkyl halides is 3. The third kappa shape index (κ3) is 3.76. The van der Waals surface area contributed by atoms with Crippen LogP contribution in [0.4, 0.5) is 13.2 Å². The van der Waals surface area contributed by atoms with Crippen molar-refractivity contribution in [1.29, 1.82) is 0 Å². The van der Waals surface area contributed by atoms with E-state index >= 15 is 0 Å². The summed E-state index contributed by atoms with van der Waals surface area (Å²) in [6.45, 7) is 0. The minimum absolute atomic E-state index is 0.506. The Hall–Kier alpha value is -1.93. The molecule has 0 heterocycles. The molecule has 0 aliphatic carbocycles. The van der Waals surface area contributed by atoms with Crippen molar-refractivity contribution in [2.75, 3.05) is 0 Å². The molecule has 0 unspecified atom stereocenters. The summed E-state index contributed by atoms with van der Waals surface area (Å²) in [6.07, 6.45) is 0. The van der Waals surface area contributed by atoms with Crippen LogP contribution in [0.1, 0.15) is 0 Å². The minimum atomic E-state index is -5.09. The van der Waals surface area contributed by atoms with Crippen molar-refractivity contribution in [3.63, 3.8) is 0 Å². The van der Waals surface area contributed by atoms with E-state index in [0.29, 0.717) is 0 Å². The van der Waals surface area contributed by atoms with Crippen LogP contribution in [0.3, 0.4) is 0 Å². The van der Waals surface area contributed by atoms with Crippen LogP contribution >= 0.6 is 10.6 Å². The molecule has 0 radical (unpaired) electrons. The predicted octanol–water partition coefficient (Wildman–Crippen LogP) is 6.41. The Bertz CT molecular complexity index is 812. The van der Waals surface area contributed by atoms with Crippen molar-refractivity contribution in [3.05, 3.63) is 84.9 Å². The van der Waals surface area contributed by atoms with E-state index in [1.807, 2.05) is 60.7 Å². The molecule has 0 atom stereocenters. The van der Waals surface area contributed by atoms with E-state index in [-0.39, 0.29) is 0 Å². The van der Waals surface area contributed by atoms with E-state index in [9.17, 15) is 22.3 Å². The highest BCUT2D eigenvalue weighted by molar-refractivity contribution is 8.25. The molecule has 0 spiro atoms. The number of halogens is 3. The van der Waals surface area contributed by atoms with Crippen LogP contribution in [0.25, 0.3) is 0 Å². The fourth-order valence-corrected chi connectivity index (χ4v) is 5.29. The largest absolute Gasteiger partial charge is 0.500 e. The molecule has 0 bridgehead atoms. The van der Waals surface area contributed by atoms with E-state index in [1.165, 1.54) is 12.1 Å². The van der Waals surface area contributed by atoms with Crippen molar-refractivity contribution in [3.8, 4) is 0 Å². The maximum Gasteiger partial charge on any atom is 0.500 e. The van der Waals surface area contributed by atoms with Crippen molar-refractivity contribution >= 4 is 21.5 Å². The first-order chi connectivity index (χ1) is 12.3. The average Bonchev–Trinajstić information content (AvgIpc) is 2.63. The van der Waals surface area contributed by atoms with E-state index in [4.69, 9.17) is 0 Å². The number of hydrogen-bond acceptors (Lipinski definition) is 2. The van der Waals surface area contributed by atoms with Crippen molar-refractivity contribution in [2.24, 2.45) is 0 Å². The lowest BCUT2D eigenvalue weighted by atomic mass is 10.4. The van der Waals surface area contributed by atoms with Gasteiger partial charge in [0.05, 0.1) is 15.8 Å². The molecule has 3 rings (SSSR count). The van der Waals surface area contributed by atoms with Gasteiger partial charge in [0.15, 0.2) is 14.7 Å². The third-order valence-corrected chi connectivity index (χ3v) is 7.47. The zero-order chi connectivity index (χ0) is 18.8. The molecule has 7 heteroatoms. The molecule has 3 aromatic carbocycles. The van der Waals surface area contributed by atoms with Gasteiger partial charge >= 0.3 is 5.51 Å². The lowest BCUT2D eigenvalue weighted by molar-refractivity contribution is -0.0527. The molecule has 2 nitrogen and oxygen atoms in total. The summed E-state index contributed by atoms with van der Waals surface area (Å²) < 4.78 is 57.5. The topological polar surface area (TPSA) is 40.5 Å². The Morgan fingerprint density at radius 3 is 1.38 bits per heavy atom. The lowest BCUT2D eigenvalue weighted by Crippen LogP contribution is -2.19. The molecule has 3 aromatic rings. The summed E-state index contributed by atoms with van der Waals surface area (Å²) in [5.74, 6) is 0. The van der Waals surface area contributed by atoms with Gasteiger partial charge in [-0.3, -0.25) is 9.11 Å². The van der Waals surface area contributed by atoms with E-state index < -0.39 is 31.9 Å². The van der Waals surface area contributed by atoms with E-state index in [1.54, 1.807) is 0 Å². The average molecular weight is 397 g/mol. The van der Waals surface area contributed by atoms with Gasteiger partial charge in [0.2, 0.25) is 0 Å². The molecule has 2 N–H and O–H groups in total. The molecule has 0 amide bonds. The summed E-state index contributed by atoms with van der Waals surface area (Å²) in [7, 11) is -5.35. The van der Waals surface area contributed by atoms with Gasteiger partial charge in [-0.1, -0.05) is 47.0 Å². The van der Waals surface area contributed by atoms with Gasteiger partial charge in [0.1, 0.15) is 0 Å². The highest BCUT2D eigenvalue weighted by Crippen LogP contribution is 2.61. The molecule has 26 heavy (non-hydrogen) atoms. The van der Waals surface area contributed by atoms with E-state index in [2.05, 4.69) is 0 Å². The summed E-state index contributed by atoms with van der Waals surface area (Å²) in [5, 5.41) is 0. The molecule has 0 saturated carbocycles. The number of benzene rings is 3. The quantitative estimate of drug-likeness (QED) is 0.499. The fraction of sp³-hybridized carbons (Fsp3) is 0.0526. The van der Waals surface area contributed by atoms with Gasteiger partial charge in [-0.25, -0.2) is 0 Å². The molecule has 0 saturated heterocycles. The van der Waals surface area contributed by atoms with Gasteiger partial charge in [-0.05, 0) is 48.5 Å². The molecule has 0 aliphatic heterocycles. The molecule has 136 valence electrons. The first kappa shape index (κ1) is 18.8. The normalized spacial score (nSPS) is 13.0. The van der Waals surface area contributed by atoms with Gasteiger partial charge < -0.3 is 0 Å². The van der Waals surface area contributed by atoms with Crippen LogP contribution in [0.5, 0.6) is 0 Å². The predicted molar refractivity (Wildman–Crippen MR) is 98.7 cm³/mol. The summed E-state index contributed by atoms with van der Waals surface area (Å²) in [6, 6.07) is 24.6. The Balaban J connectivity index is 2.04. The summed E-state index contributed by atoms with van der Waals surface area (Å²) in [5.41, 5.74) is -5.09. The van der Waals surface area contributed by atoms with Crippen LogP contribution in [0.15, 0.2) is 105 Å². The van der Waals surface area contributed by atoms with Crippen molar-refractivity contribution in [1.82, 2.24) is 0 Å². The molecular weight excluding hydrogens is 381 g/mol. The van der Waals surface area contributed by atoms with E-state index in [0.717, 1.165) is 26.8 Å². The van der Waals surface area contributed by atoms with Gasteiger partial charge in [0, 0.05) is 0 Å². The maximum absolute atomic E-state index is 12.8. The molecule has 0 aliphatic rings. The van der Waals surface area contributed by atoms with Gasteiger partial charge in [-0.15, -0.1) is 0 Å². The third-order valence-electron chi connectivity index (χ3n) is 3.67.